The summed E-state index contributed by atoms with van der Waals surface area (Å²) in [6.45, 7) is 1.22. The summed E-state index contributed by atoms with van der Waals surface area (Å²) in [6, 6.07) is 9.68. The highest BCUT2D eigenvalue weighted by molar-refractivity contribution is 5.79. The number of carbonyl (C=O) groups is 1. The van der Waals surface area contributed by atoms with Gasteiger partial charge in [-0.25, -0.2) is 0 Å². The lowest BCUT2D eigenvalue weighted by molar-refractivity contribution is -0.384. The lowest BCUT2D eigenvalue weighted by Gasteiger charge is -2.36. The van der Waals surface area contributed by atoms with Crippen LogP contribution in [0.4, 0.5) is 24.5 Å². The Morgan fingerprint density at radius 1 is 1.13 bits per heavy atom. The van der Waals surface area contributed by atoms with Crippen molar-refractivity contribution in [3.63, 3.8) is 0 Å². The lowest BCUT2D eigenvalue weighted by atomic mass is 10.1. The molecule has 2 aromatic carbocycles. The fourth-order valence-corrected chi connectivity index (χ4v) is 3.38. The van der Waals surface area contributed by atoms with Crippen molar-refractivity contribution >= 4 is 17.3 Å². The van der Waals surface area contributed by atoms with Gasteiger partial charge < -0.3 is 14.5 Å². The van der Waals surface area contributed by atoms with Gasteiger partial charge in [-0.2, -0.15) is 13.2 Å². The maximum Gasteiger partial charge on any atom is 0.416 e. The zero-order valence-corrected chi connectivity index (χ0v) is 16.2. The maximum absolute atomic E-state index is 12.9. The van der Waals surface area contributed by atoms with E-state index in [0.29, 0.717) is 24.9 Å². The van der Waals surface area contributed by atoms with Crippen LogP contribution in [0.15, 0.2) is 42.5 Å². The van der Waals surface area contributed by atoms with E-state index in [0.717, 1.165) is 17.7 Å². The van der Waals surface area contributed by atoms with Gasteiger partial charge in [-0.1, -0.05) is 12.1 Å². The van der Waals surface area contributed by atoms with Gasteiger partial charge in [-0.3, -0.25) is 14.9 Å². The summed E-state index contributed by atoms with van der Waals surface area (Å²) in [5.41, 5.74) is -0.737. The number of amides is 1. The van der Waals surface area contributed by atoms with Crippen LogP contribution in [0.25, 0.3) is 0 Å². The fourth-order valence-electron chi connectivity index (χ4n) is 3.38. The zero-order chi connectivity index (χ0) is 21.9. The normalized spacial score (nSPS) is 14.5. The summed E-state index contributed by atoms with van der Waals surface area (Å²) in [5, 5.41) is 11.3. The molecule has 0 aliphatic carbocycles. The molecule has 0 unspecified atom stereocenters. The van der Waals surface area contributed by atoms with Crippen molar-refractivity contribution in [2.24, 2.45) is 0 Å². The Morgan fingerprint density at radius 2 is 1.83 bits per heavy atom. The van der Waals surface area contributed by atoms with E-state index in [9.17, 15) is 28.1 Å². The number of anilines is 1. The first-order valence-corrected chi connectivity index (χ1v) is 9.20. The summed E-state index contributed by atoms with van der Waals surface area (Å²) in [4.78, 5) is 26.3. The topological polar surface area (TPSA) is 75.9 Å². The first-order valence-electron chi connectivity index (χ1n) is 9.20. The van der Waals surface area contributed by atoms with Gasteiger partial charge in [0.2, 0.25) is 5.91 Å². The second-order valence-corrected chi connectivity index (χ2v) is 6.85. The molecule has 3 rings (SSSR count). The monoisotopic (exact) mass is 423 g/mol. The Morgan fingerprint density at radius 3 is 2.43 bits per heavy atom. The molecule has 1 amide bonds. The van der Waals surface area contributed by atoms with E-state index < -0.39 is 22.4 Å². The number of ether oxygens (including phenoxy) is 1. The number of carbonyl (C=O) groups excluding carboxylic acids is 1. The van der Waals surface area contributed by atoms with E-state index >= 15 is 0 Å². The lowest BCUT2D eigenvalue weighted by Crippen LogP contribution is -2.49. The average molecular weight is 423 g/mol. The van der Waals surface area contributed by atoms with E-state index in [1.54, 1.807) is 35.1 Å². The molecular weight excluding hydrogens is 403 g/mol. The third kappa shape index (κ3) is 4.81. The summed E-state index contributed by atoms with van der Waals surface area (Å²) in [6.07, 6.45) is -4.47. The molecule has 1 fully saturated rings. The summed E-state index contributed by atoms with van der Waals surface area (Å²) >= 11 is 0. The third-order valence-electron chi connectivity index (χ3n) is 4.96. The number of hydrogen-bond acceptors (Lipinski definition) is 5. The predicted octanol–water partition coefficient (Wildman–Crippen LogP) is 3.51. The smallest absolute Gasteiger partial charge is 0.416 e. The quantitative estimate of drug-likeness (QED) is 0.543. The third-order valence-corrected chi connectivity index (χ3v) is 4.96. The molecule has 0 bridgehead atoms. The molecule has 30 heavy (non-hydrogen) atoms. The molecule has 10 heteroatoms. The molecule has 1 saturated heterocycles. The molecule has 2 aromatic rings. The largest absolute Gasteiger partial charge is 0.497 e. The first-order chi connectivity index (χ1) is 14.2. The molecule has 7 nitrogen and oxygen atoms in total. The van der Waals surface area contributed by atoms with Crippen LogP contribution in [0.2, 0.25) is 0 Å². The Kier molecular flexibility index (Phi) is 6.14. The molecular formula is C20H20F3N3O4. The number of piperazine rings is 1. The number of rotatable bonds is 5. The van der Waals surface area contributed by atoms with Crippen LogP contribution in [0, 0.1) is 10.1 Å². The van der Waals surface area contributed by atoms with Crippen LogP contribution in [0.1, 0.15) is 11.1 Å². The van der Waals surface area contributed by atoms with E-state index in [1.165, 1.54) is 0 Å². The van der Waals surface area contributed by atoms with Crippen LogP contribution in [0.5, 0.6) is 5.75 Å². The van der Waals surface area contributed by atoms with Gasteiger partial charge in [0.25, 0.3) is 5.69 Å². The number of nitro benzene ring substituents is 1. The van der Waals surface area contributed by atoms with Crippen molar-refractivity contribution in [2.45, 2.75) is 12.6 Å². The molecule has 0 atom stereocenters. The molecule has 1 heterocycles. The van der Waals surface area contributed by atoms with Crippen molar-refractivity contribution < 1.29 is 27.6 Å². The number of benzene rings is 2. The van der Waals surface area contributed by atoms with Crippen LogP contribution in [-0.2, 0) is 17.4 Å². The van der Waals surface area contributed by atoms with Gasteiger partial charge in [0.1, 0.15) is 11.4 Å². The molecule has 0 N–H and O–H groups in total. The van der Waals surface area contributed by atoms with Crippen molar-refractivity contribution in [3.05, 3.63) is 63.7 Å². The Hall–Kier alpha value is -3.30. The minimum Gasteiger partial charge on any atom is -0.497 e. The second kappa shape index (κ2) is 8.60. The predicted molar refractivity (Wildman–Crippen MR) is 104 cm³/mol. The summed E-state index contributed by atoms with van der Waals surface area (Å²) < 4.78 is 43.8. The molecule has 0 radical (unpaired) electrons. The van der Waals surface area contributed by atoms with Crippen molar-refractivity contribution in [3.8, 4) is 5.75 Å². The summed E-state index contributed by atoms with van der Waals surface area (Å²) in [7, 11) is 1.54. The number of halogens is 3. The van der Waals surface area contributed by atoms with Gasteiger partial charge in [-0.15, -0.1) is 0 Å². The molecule has 0 saturated carbocycles. The molecule has 0 spiro atoms. The Bertz CT molecular complexity index is 941. The number of nitro groups is 1. The minimum atomic E-state index is -4.66. The van der Waals surface area contributed by atoms with Crippen LogP contribution in [0.3, 0.4) is 0 Å². The highest BCUT2D eigenvalue weighted by Crippen LogP contribution is 2.36. The van der Waals surface area contributed by atoms with Crippen molar-refractivity contribution in [2.75, 3.05) is 38.2 Å². The second-order valence-electron chi connectivity index (χ2n) is 6.85. The average Bonchev–Trinajstić information content (AvgIpc) is 2.73. The van der Waals surface area contributed by atoms with Crippen LogP contribution in [-0.4, -0.2) is 49.0 Å². The van der Waals surface area contributed by atoms with E-state index in [1.807, 2.05) is 6.07 Å². The Balaban J connectivity index is 1.67. The van der Waals surface area contributed by atoms with Gasteiger partial charge >= 0.3 is 6.18 Å². The van der Waals surface area contributed by atoms with Crippen molar-refractivity contribution in [1.82, 2.24) is 4.90 Å². The van der Waals surface area contributed by atoms with E-state index in [2.05, 4.69) is 0 Å². The standard InChI is InChI=1S/C20H20F3N3O4/c1-30-16-4-2-3-14(11-16)12-19(27)25-9-7-24(8-10-25)17-6-5-15(20(21,22)23)13-18(17)26(28)29/h2-6,11,13H,7-10,12H2,1H3. The number of hydrogen-bond donors (Lipinski definition) is 0. The van der Waals surface area contributed by atoms with E-state index in [4.69, 9.17) is 4.74 Å². The Labute approximate surface area is 170 Å². The number of methoxy groups -OCH3 is 1. The zero-order valence-electron chi connectivity index (χ0n) is 16.2. The summed E-state index contributed by atoms with van der Waals surface area (Å²) in [5.74, 6) is 0.560. The minimum absolute atomic E-state index is 0.0928. The van der Waals surface area contributed by atoms with Gasteiger partial charge in [0.15, 0.2) is 0 Å². The van der Waals surface area contributed by atoms with Crippen LogP contribution < -0.4 is 9.64 Å². The van der Waals surface area contributed by atoms with E-state index in [-0.39, 0.29) is 31.1 Å². The number of nitrogens with zero attached hydrogens (tertiary/aromatic N) is 3. The highest BCUT2D eigenvalue weighted by Gasteiger charge is 2.34. The van der Waals surface area contributed by atoms with Gasteiger partial charge in [0, 0.05) is 32.2 Å². The first kappa shape index (κ1) is 21.4. The van der Waals surface area contributed by atoms with Crippen molar-refractivity contribution in [1.29, 1.82) is 0 Å². The van der Waals surface area contributed by atoms with Crippen LogP contribution >= 0.6 is 0 Å². The molecule has 1 aliphatic rings. The highest BCUT2D eigenvalue weighted by atomic mass is 19.4. The molecule has 1 aliphatic heterocycles. The fraction of sp³-hybridized carbons (Fsp3) is 0.350. The molecule has 160 valence electrons. The van der Waals surface area contributed by atoms with Gasteiger partial charge in [0.05, 0.1) is 24.0 Å². The maximum atomic E-state index is 12.9. The SMILES string of the molecule is COc1cccc(CC(=O)N2CCN(c3ccc(C(F)(F)F)cc3[N+](=O)[O-])CC2)c1. The molecule has 0 aromatic heterocycles. The number of alkyl halides is 3. The van der Waals surface area contributed by atoms with Gasteiger partial charge in [-0.05, 0) is 29.8 Å².